The van der Waals surface area contributed by atoms with E-state index in [0.29, 0.717) is 16.5 Å². The summed E-state index contributed by atoms with van der Waals surface area (Å²) in [7, 11) is 0. The first-order valence-corrected chi connectivity index (χ1v) is 9.73. The molecule has 8 nitrogen and oxygen atoms in total. The molecular weight excluding hydrogens is 394 g/mol. The number of amides is 2. The molecule has 3 N–H and O–H groups in total. The van der Waals surface area contributed by atoms with E-state index in [-0.39, 0.29) is 6.54 Å². The summed E-state index contributed by atoms with van der Waals surface area (Å²) in [4.78, 5) is 22.0. The van der Waals surface area contributed by atoms with Crippen molar-refractivity contribution in [2.24, 2.45) is 5.92 Å². The van der Waals surface area contributed by atoms with Gasteiger partial charge in [0.1, 0.15) is 12.1 Å². The van der Waals surface area contributed by atoms with Crippen LogP contribution in [0.3, 0.4) is 0 Å². The van der Waals surface area contributed by atoms with E-state index in [9.17, 15) is 9.59 Å². The lowest BCUT2D eigenvalue weighted by atomic mass is 10.0. The van der Waals surface area contributed by atoms with Crippen molar-refractivity contribution in [3.05, 3.63) is 47.0 Å². The van der Waals surface area contributed by atoms with E-state index >= 15 is 0 Å². The maximum absolute atomic E-state index is 11.5. The molecule has 0 aliphatic heterocycles. The van der Waals surface area contributed by atoms with Gasteiger partial charge in [-0.25, -0.2) is 9.48 Å². The quantitative estimate of drug-likeness (QED) is 0.551. The molecular formula is C20H20ClN5O3. The molecule has 2 aromatic carbocycles. The average molecular weight is 414 g/mol. The van der Waals surface area contributed by atoms with E-state index in [4.69, 9.17) is 16.7 Å². The number of nitrogens with one attached hydrogen (secondary N) is 2. The lowest BCUT2D eigenvalue weighted by Gasteiger charge is -2.09. The summed E-state index contributed by atoms with van der Waals surface area (Å²) in [6.45, 7) is 0.749. The predicted molar refractivity (Wildman–Crippen MR) is 109 cm³/mol. The van der Waals surface area contributed by atoms with Crippen LogP contribution in [0.15, 0.2) is 36.4 Å². The molecule has 1 saturated carbocycles. The highest BCUT2D eigenvalue weighted by atomic mass is 35.5. The van der Waals surface area contributed by atoms with E-state index < -0.39 is 18.5 Å². The molecule has 0 radical (unpaired) electrons. The zero-order chi connectivity index (χ0) is 20.4. The molecule has 29 heavy (non-hydrogen) atoms. The zero-order valence-corrected chi connectivity index (χ0v) is 16.3. The van der Waals surface area contributed by atoms with Gasteiger partial charge in [0.05, 0.1) is 10.5 Å². The lowest BCUT2D eigenvalue weighted by Crippen LogP contribution is -2.37. The molecule has 0 unspecified atom stereocenters. The van der Waals surface area contributed by atoms with Gasteiger partial charge in [0.15, 0.2) is 0 Å². The summed E-state index contributed by atoms with van der Waals surface area (Å²) in [5.41, 5.74) is 4.33. The van der Waals surface area contributed by atoms with Gasteiger partial charge in [-0.15, -0.1) is 5.10 Å². The summed E-state index contributed by atoms with van der Waals surface area (Å²) in [6.07, 6.45) is 2.49. The van der Waals surface area contributed by atoms with E-state index in [1.54, 1.807) is 0 Å². The third-order valence-corrected chi connectivity index (χ3v) is 5.25. The number of hydrogen-bond acceptors (Lipinski definition) is 4. The normalized spacial score (nSPS) is 13.4. The molecule has 9 heteroatoms. The first-order chi connectivity index (χ1) is 14.0. The molecule has 0 spiro atoms. The second-order valence-corrected chi connectivity index (χ2v) is 7.51. The Morgan fingerprint density at radius 2 is 1.90 bits per heavy atom. The molecule has 1 aliphatic carbocycles. The molecule has 3 aromatic rings. The topological polar surface area (TPSA) is 109 Å². The van der Waals surface area contributed by atoms with Crippen LogP contribution in [0.1, 0.15) is 18.4 Å². The smallest absolute Gasteiger partial charge is 0.323 e. The maximum Gasteiger partial charge on any atom is 0.323 e. The Bertz CT molecular complexity index is 1060. The average Bonchev–Trinajstić information content (AvgIpc) is 3.44. The molecule has 1 aliphatic rings. The lowest BCUT2D eigenvalue weighted by molar-refractivity contribution is -0.135. The Hall–Kier alpha value is -3.13. The van der Waals surface area contributed by atoms with Gasteiger partial charge >= 0.3 is 12.0 Å². The number of carbonyl (C=O) groups excluding carboxylic acids is 1. The van der Waals surface area contributed by atoms with Gasteiger partial charge in [-0.05, 0) is 36.0 Å². The number of nitrogens with zero attached hydrogens (tertiary/aromatic N) is 3. The number of fused-ring (bicyclic) bond motifs is 1. The summed E-state index contributed by atoms with van der Waals surface area (Å²) < 4.78 is 1.92. The van der Waals surface area contributed by atoms with Gasteiger partial charge < -0.3 is 15.7 Å². The highest BCUT2D eigenvalue weighted by Crippen LogP contribution is 2.35. The second kappa shape index (κ2) is 8.08. The van der Waals surface area contributed by atoms with E-state index in [0.717, 1.165) is 28.8 Å². The SMILES string of the molecule is O=C(O)CNC(=O)NCc1ccc(-c2ccc3c(nnn3CC3CC3)c2Cl)cc1. The third-order valence-electron chi connectivity index (χ3n) is 4.87. The fourth-order valence-corrected chi connectivity index (χ4v) is 3.42. The van der Waals surface area contributed by atoms with Crippen molar-refractivity contribution in [3.8, 4) is 11.1 Å². The van der Waals surface area contributed by atoms with Crippen LogP contribution in [0, 0.1) is 5.92 Å². The van der Waals surface area contributed by atoms with Crippen LogP contribution in [0.2, 0.25) is 5.02 Å². The number of carboxylic acids is 1. The van der Waals surface area contributed by atoms with E-state index in [2.05, 4.69) is 20.9 Å². The molecule has 0 atom stereocenters. The number of hydrogen-bond donors (Lipinski definition) is 3. The van der Waals surface area contributed by atoms with E-state index in [1.807, 2.05) is 41.1 Å². The number of rotatable bonds is 7. The predicted octanol–water partition coefficient (Wildman–Crippen LogP) is 3.05. The highest BCUT2D eigenvalue weighted by molar-refractivity contribution is 6.37. The van der Waals surface area contributed by atoms with Crippen molar-refractivity contribution >= 4 is 34.6 Å². The Labute approximate surface area is 171 Å². The minimum atomic E-state index is -1.09. The van der Waals surface area contributed by atoms with Crippen molar-refractivity contribution in [2.75, 3.05) is 6.54 Å². The minimum absolute atomic E-state index is 0.286. The van der Waals surface area contributed by atoms with Crippen LogP contribution in [0.5, 0.6) is 0 Å². The van der Waals surface area contributed by atoms with Gasteiger partial charge in [0, 0.05) is 18.7 Å². The second-order valence-electron chi connectivity index (χ2n) is 7.14. The van der Waals surface area contributed by atoms with Gasteiger partial charge in [-0.2, -0.15) is 0 Å². The number of aromatic nitrogens is 3. The monoisotopic (exact) mass is 413 g/mol. The number of urea groups is 1. The Kier molecular flexibility index (Phi) is 5.35. The van der Waals surface area contributed by atoms with Crippen molar-refractivity contribution < 1.29 is 14.7 Å². The Balaban J connectivity index is 1.45. The van der Waals surface area contributed by atoms with Gasteiger partial charge in [0.2, 0.25) is 0 Å². The summed E-state index contributed by atoms with van der Waals surface area (Å²) in [6, 6.07) is 11.1. The van der Waals surface area contributed by atoms with Crippen LogP contribution in [0.25, 0.3) is 22.2 Å². The molecule has 2 amide bonds. The molecule has 1 aromatic heterocycles. The molecule has 4 rings (SSSR count). The van der Waals surface area contributed by atoms with Crippen LogP contribution in [-0.4, -0.2) is 38.6 Å². The number of halogens is 1. The third kappa shape index (κ3) is 4.48. The molecule has 0 saturated heterocycles. The van der Waals surface area contributed by atoms with E-state index in [1.165, 1.54) is 12.8 Å². The first kappa shape index (κ1) is 19.2. The number of aliphatic carboxylic acids is 1. The van der Waals surface area contributed by atoms with Gasteiger partial charge in [-0.1, -0.05) is 47.1 Å². The molecule has 1 fully saturated rings. The Morgan fingerprint density at radius 3 is 2.59 bits per heavy atom. The molecule has 0 bridgehead atoms. The molecule has 1 heterocycles. The minimum Gasteiger partial charge on any atom is -0.480 e. The Morgan fingerprint density at radius 1 is 1.14 bits per heavy atom. The number of carboxylic acid groups (broad SMARTS) is 1. The number of carbonyl (C=O) groups is 2. The summed E-state index contributed by atoms with van der Waals surface area (Å²) >= 11 is 6.62. The fourth-order valence-electron chi connectivity index (χ4n) is 3.11. The fraction of sp³-hybridized carbons (Fsp3) is 0.300. The van der Waals surface area contributed by atoms with Crippen LogP contribution < -0.4 is 10.6 Å². The van der Waals surface area contributed by atoms with Crippen LogP contribution in [-0.2, 0) is 17.9 Å². The maximum atomic E-state index is 11.5. The largest absolute Gasteiger partial charge is 0.480 e. The van der Waals surface area contributed by atoms with Crippen molar-refractivity contribution in [2.45, 2.75) is 25.9 Å². The molecule has 150 valence electrons. The van der Waals surface area contributed by atoms with Gasteiger partial charge in [-0.3, -0.25) is 4.79 Å². The van der Waals surface area contributed by atoms with Crippen molar-refractivity contribution in [1.29, 1.82) is 0 Å². The number of benzene rings is 2. The zero-order valence-electron chi connectivity index (χ0n) is 15.6. The van der Waals surface area contributed by atoms with Crippen molar-refractivity contribution in [3.63, 3.8) is 0 Å². The standard InChI is InChI=1S/C20H20ClN5O3/c21-18-15(7-8-16-19(18)24-25-26(16)11-13-1-2-13)14-5-3-12(4-6-14)9-22-20(29)23-10-17(27)28/h3-8,13H,1-2,9-11H2,(H,27,28)(H2,22,23,29). The summed E-state index contributed by atoms with van der Waals surface area (Å²) in [5, 5.41) is 22.5. The highest BCUT2D eigenvalue weighted by Gasteiger charge is 2.23. The van der Waals surface area contributed by atoms with Crippen molar-refractivity contribution in [1.82, 2.24) is 25.6 Å². The van der Waals surface area contributed by atoms with Crippen LogP contribution >= 0.6 is 11.6 Å². The van der Waals surface area contributed by atoms with Crippen LogP contribution in [0.4, 0.5) is 4.79 Å². The van der Waals surface area contributed by atoms with Gasteiger partial charge in [0.25, 0.3) is 0 Å². The summed E-state index contributed by atoms with van der Waals surface area (Å²) in [5.74, 6) is -0.392. The first-order valence-electron chi connectivity index (χ1n) is 9.36.